The molecule has 0 radical (unpaired) electrons. The summed E-state index contributed by atoms with van der Waals surface area (Å²) in [6.45, 7) is 1.62. The summed E-state index contributed by atoms with van der Waals surface area (Å²) in [6.07, 6.45) is -8.16. The lowest BCUT2D eigenvalue weighted by molar-refractivity contribution is -0.215. The number of halogens is 3. The van der Waals surface area contributed by atoms with Crippen molar-refractivity contribution in [2.45, 2.75) is 32.0 Å². The van der Waals surface area contributed by atoms with Gasteiger partial charge in [-0.2, -0.15) is 13.2 Å². The monoisotopic (exact) mass is 292 g/mol. The Hall–Kier alpha value is -0.590. The third kappa shape index (κ3) is 5.84. The molecule has 0 aromatic heterocycles. The second kappa shape index (κ2) is 7.11. The van der Waals surface area contributed by atoms with Crippen molar-refractivity contribution in [1.82, 2.24) is 0 Å². The SMILES string of the molecule is CCCC(=O)OC(CP(=O)(OC)OC)C(F)(F)F. The minimum atomic E-state index is -4.82. The van der Waals surface area contributed by atoms with Crippen LogP contribution in [0.25, 0.3) is 0 Å². The van der Waals surface area contributed by atoms with E-state index in [0.717, 1.165) is 14.2 Å². The molecule has 108 valence electrons. The highest BCUT2D eigenvalue weighted by molar-refractivity contribution is 7.53. The van der Waals surface area contributed by atoms with Crippen LogP contribution in [0.4, 0.5) is 13.2 Å². The Kier molecular flexibility index (Phi) is 6.88. The Balaban J connectivity index is 4.81. The molecule has 18 heavy (non-hydrogen) atoms. The van der Waals surface area contributed by atoms with Gasteiger partial charge in [-0.15, -0.1) is 0 Å². The van der Waals surface area contributed by atoms with E-state index in [2.05, 4.69) is 13.8 Å². The van der Waals surface area contributed by atoms with Gasteiger partial charge >= 0.3 is 19.7 Å². The number of carbonyl (C=O) groups excluding carboxylic acids is 1. The van der Waals surface area contributed by atoms with E-state index >= 15 is 0 Å². The number of esters is 1. The third-order valence-electron chi connectivity index (χ3n) is 2.04. The molecule has 5 nitrogen and oxygen atoms in total. The Bertz CT molecular complexity index is 310. The summed E-state index contributed by atoms with van der Waals surface area (Å²) in [5.74, 6) is -1.00. The summed E-state index contributed by atoms with van der Waals surface area (Å²) in [5, 5.41) is 0. The van der Waals surface area contributed by atoms with Crippen LogP contribution in [0.5, 0.6) is 0 Å². The van der Waals surface area contributed by atoms with Crippen LogP contribution < -0.4 is 0 Å². The van der Waals surface area contributed by atoms with E-state index in [1.807, 2.05) is 0 Å². The first kappa shape index (κ1) is 17.4. The third-order valence-corrected chi connectivity index (χ3v) is 3.93. The molecular weight excluding hydrogens is 276 g/mol. The van der Waals surface area contributed by atoms with Crippen molar-refractivity contribution in [3.05, 3.63) is 0 Å². The second-order valence-electron chi connectivity index (χ2n) is 3.43. The maximum atomic E-state index is 12.6. The first-order valence-corrected chi connectivity index (χ1v) is 6.88. The van der Waals surface area contributed by atoms with Gasteiger partial charge in [-0.05, 0) is 6.42 Å². The van der Waals surface area contributed by atoms with Crippen LogP contribution in [0.1, 0.15) is 19.8 Å². The molecule has 1 atom stereocenters. The zero-order valence-corrected chi connectivity index (χ0v) is 11.2. The van der Waals surface area contributed by atoms with Crippen molar-refractivity contribution < 1.29 is 36.3 Å². The Morgan fingerprint density at radius 1 is 1.28 bits per heavy atom. The number of ether oxygens (including phenoxy) is 1. The lowest BCUT2D eigenvalue weighted by Crippen LogP contribution is -2.37. The molecule has 0 bridgehead atoms. The standard InChI is InChI=1S/C9H16F3O5P/c1-4-5-8(13)17-7(9(10,11)12)6-18(14,15-2)16-3/h7H,4-6H2,1-3H3. The van der Waals surface area contributed by atoms with Crippen LogP contribution in [0, 0.1) is 0 Å². The van der Waals surface area contributed by atoms with Crippen molar-refractivity contribution in [2.75, 3.05) is 20.4 Å². The molecule has 0 aliphatic rings. The molecule has 0 aliphatic carbocycles. The Labute approximate surface area is 103 Å². The average Bonchev–Trinajstić information content (AvgIpc) is 2.27. The van der Waals surface area contributed by atoms with Gasteiger partial charge in [0.2, 0.25) is 6.10 Å². The molecule has 0 saturated carbocycles. The van der Waals surface area contributed by atoms with Gasteiger partial charge in [0.05, 0.1) is 6.16 Å². The summed E-state index contributed by atoms with van der Waals surface area (Å²) in [5.41, 5.74) is 0. The fraction of sp³-hybridized carbons (Fsp3) is 0.889. The van der Waals surface area contributed by atoms with Crippen LogP contribution in [0.15, 0.2) is 0 Å². The van der Waals surface area contributed by atoms with E-state index < -0.39 is 32.0 Å². The normalized spacial score (nSPS) is 14.3. The van der Waals surface area contributed by atoms with Gasteiger partial charge in [-0.3, -0.25) is 9.36 Å². The Morgan fingerprint density at radius 3 is 2.11 bits per heavy atom. The topological polar surface area (TPSA) is 61.8 Å². The molecule has 0 aromatic carbocycles. The van der Waals surface area contributed by atoms with E-state index in [4.69, 9.17) is 0 Å². The average molecular weight is 292 g/mol. The van der Waals surface area contributed by atoms with Crippen molar-refractivity contribution in [2.24, 2.45) is 0 Å². The van der Waals surface area contributed by atoms with Crippen molar-refractivity contribution in [1.29, 1.82) is 0 Å². The van der Waals surface area contributed by atoms with Crippen molar-refractivity contribution >= 4 is 13.6 Å². The molecule has 0 amide bonds. The number of hydrogen-bond acceptors (Lipinski definition) is 5. The zero-order valence-electron chi connectivity index (χ0n) is 10.3. The van der Waals surface area contributed by atoms with Gasteiger partial charge in [0.25, 0.3) is 0 Å². The van der Waals surface area contributed by atoms with E-state index in [0.29, 0.717) is 6.42 Å². The molecule has 0 N–H and O–H groups in total. The minimum Gasteiger partial charge on any atom is -0.452 e. The molecule has 0 spiro atoms. The smallest absolute Gasteiger partial charge is 0.426 e. The quantitative estimate of drug-likeness (QED) is 0.533. The van der Waals surface area contributed by atoms with Crippen LogP contribution in [0.2, 0.25) is 0 Å². The predicted molar refractivity (Wildman–Crippen MR) is 57.3 cm³/mol. The Morgan fingerprint density at radius 2 is 1.78 bits per heavy atom. The van der Waals surface area contributed by atoms with Gasteiger partial charge in [0, 0.05) is 20.6 Å². The van der Waals surface area contributed by atoms with E-state index in [1.165, 1.54) is 0 Å². The summed E-state index contributed by atoms with van der Waals surface area (Å²) in [7, 11) is -1.98. The molecule has 0 aliphatic heterocycles. The maximum absolute atomic E-state index is 12.6. The van der Waals surface area contributed by atoms with Crippen LogP contribution >= 0.6 is 7.60 Å². The summed E-state index contributed by atoms with van der Waals surface area (Å²) in [4.78, 5) is 11.1. The van der Waals surface area contributed by atoms with E-state index in [-0.39, 0.29) is 6.42 Å². The fourth-order valence-corrected chi connectivity index (χ4v) is 2.19. The molecule has 0 heterocycles. The molecule has 9 heteroatoms. The minimum absolute atomic E-state index is 0.142. The molecule has 1 unspecified atom stereocenters. The highest BCUT2D eigenvalue weighted by Crippen LogP contribution is 2.49. The highest BCUT2D eigenvalue weighted by Gasteiger charge is 2.47. The second-order valence-corrected chi connectivity index (χ2v) is 5.75. The molecular formula is C9H16F3O5P. The van der Waals surface area contributed by atoms with Crippen LogP contribution in [-0.2, 0) is 23.1 Å². The number of rotatable bonds is 7. The van der Waals surface area contributed by atoms with Crippen LogP contribution in [-0.4, -0.2) is 38.6 Å². The lowest BCUT2D eigenvalue weighted by Gasteiger charge is -2.23. The van der Waals surface area contributed by atoms with Gasteiger partial charge < -0.3 is 13.8 Å². The summed E-state index contributed by atoms with van der Waals surface area (Å²) in [6, 6.07) is 0. The molecule has 0 aromatic rings. The summed E-state index contributed by atoms with van der Waals surface area (Å²) < 4.78 is 62.5. The van der Waals surface area contributed by atoms with E-state index in [9.17, 15) is 22.5 Å². The van der Waals surface area contributed by atoms with Crippen molar-refractivity contribution in [3.63, 3.8) is 0 Å². The maximum Gasteiger partial charge on any atom is 0.426 e. The molecule has 0 fully saturated rings. The fourth-order valence-electron chi connectivity index (χ4n) is 1.06. The molecule has 0 rings (SSSR count). The highest BCUT2D eigenvalue weighted by atomic mass is 31.2. The first-order valence-electron chi connectivity index (χ1n) is 5.15. The number of hydrogen-bond donors (Lipinski definition) is 0. The first-order chi connectivity index (χ1) is 8.18. The van der Waals surface area contributed by atoms with Crippen molar-refractivity contribution in [3.8, 4) is 0 Å². The lowest BCUT2D eigenvalue weighted by atomic mass is 10.3. The largest absolute Gasteiger partial charge is 0.452 e. The van der Waals surface area contributed by atoms with Crippen LogP contribution in [0.3, 0.4) is 0 Å². The number of alkyl halides is 3. The van der Waals surface area contributed by atoms with Gasteiger partial charge in [-0.25, -0.2) is 0 Å². The number of carbonyl (C=O) groups is 1. The van der Waals surface area contributed by atoms with Gasteiger partial charge in [0.1, 0.15) is 0 Å². The predicted octanol–water partition coefficient (Wildman–Crippen LogP) is 2.75. The summed E-state index contributed by atoms with van der Waals surface area (Å²) >= 11 is 0. The zero-order chi connectivity index (χ0) is 14.4. The van der Waals surface area contributed by atoms with Gasteiger partial charge in [-0.1, -0.05) is 6.92 Å². The van der Waals surface area contributed by atoms with Gasteiger partial charge in [0.15, 0.2) is 0 Å². The molecule has 0 saturated heterocycles. The van der Waals surface area contributed by atoms with E-state index in [1.54, 1.807) is 6.92 Å².